The molecule has 4 nitrogen and oxygen atoms in total. The minimum Gasteiger partial charge on any atom is -0.491 e. The zero-order chi connectivity index (χ0) is 17.2. The molecule has 1 fully saturated rings. The molecule has 0 aromatic heterocycles. The van der Waals surface area contributed by atoms with E-state index in [1.807, 2.05) is 36.1 Å². The number of carbonyl (C=O) groups excluding carboxylic acids is 1. The minimum absolute atomic E-state index is 0.0757. The van der Waals surface area contributed by atoms with Crippen LogP contribution >= 0.6 is 0 Å². The normalized spacial score (nSPS) is 17.0. The van der Waals surface area contributed by atoms with Gasteiger partial charge >= 0.3 is 0 Å². The Morgan fingerprint density at radius 1 is 1.04 bits per heavy atom. The number of amides is 1. The topological polar surface area (TPSA) is 32.8 Å². The Bertz CT molecular complexity index is 781. The van der Waals surface area contributed by atoms with Crippen molar-refractivity contribution in [2.75, 3.05) is 31.1 Å². The summed E-state index contributed by atoms with van der Waals surface area (Å²) >= 11 is 0. The number of rotatable bonds is 2. The Morgan fingerprint density at radius 2 is 1.88 bits per heavy atom. The number of benzene rings is 2. The first kappa shape index (κ1) is 16.0. The van der Waals surface area contributed by atoms with Crippen molar-refractivity contribution in [2.24, 2.45) is 0 Å². The SMILES string of the molecule is Cc1cccc(C(=O)N2CCOc3ccc(N4CCCC4)cc3C2)c1. The highest BCUT2D eigenvalue weighted by atomic mass is 16.5. The minimum atomic E-state index is 0.0757. The molecule has 25 heavy (non-hydrogen) atoms. The van der Waals surface area contributed by atoms with Gasteiger partial charge in [0.15, 0.2) is 0 Å². The molecule has 2 aromatic rings. The summed E-state index contributed by atoms with van der Waals surface area (Å²) in [4.78, 5) is 17.2. The first-order valence-corrected chi connectivity index (χ1v) is 9.07. The maximum Gasteiger partial charge on any atom is 0.254 e. The van der Waals surface area contributed by atoms with Crippen LogP contribution in [0.5, 0.6) is 5.75 Å². The zero-order valence-electron chi connectivity index (χ0n) is 14.7. The second-order valence-electron chi connectivity index (χ2n) is 6.93. The number of carbonyl (C=O) groups is 1. The molecule has 1 saturated heterocycles. The molecule has 0 unspecified atom stereocenters. The quantitative estimate of drug-likeness (QED) is 0.839. The maximum atomic E-state index is 12.9. The number of anilines is 1. The van der Waals surface area contributed by atoms with Crippen molar-refractivity contribution in [3.8, 4) is 5.75 Å². The van der Waals surface area contributed by atoms with Crippen LogP contribution in [-0.4, -0.2) is 37.0 Å². The molecule has 1 amide bonds. The predicted octanol–water partition coefficient (Wildman–Crippen LogP) is 3.63. The van der Waals surface area contributed by atoms with Gasteiger partial charge in [-0.3, -0.25) is 4.79 Å². The molecule has 2 aliphatic heterocycles. The molecule has 4 rings (SSSR count). The van der Waals surface area contributed by atoms with Gasteiger partial charge < -0.3 is 14.5 Å². The fourth-order valence-corrected chi connectivity index (χ4v) is 3.69. The molecule has 4 heteroatoms. The van der Waals surface area contributed by atoms with Gasteiger partial charge in [-0.2, -0.15) is 0 Å². The van der Waals surface area contributed by atoms with Gasteiger partial charge in [-0.15, -0.1) is 0 Å². The highest BCUT2D eigenvalue weighted by molar-refractivity contribution is 5.94. The van der Waals surface area contributed by atoms with Crippen LogP contribution in [0, 0.1) is 6.92 Å². The summed E-state index contributed by atoms with van der Waals surface area (Å²) < 4.78 is 5.89. The van der Waals surface area contributed by atoms with E-state index >= 15 is 0 Å². The van der Waals surface area contributed by atoms with Gasteiger partial charge in [0.25, 0.3) is 5.91 Å². The van der Waals surface area contributed by atoms with E-state index in [1.54, 1.807) is 0 Å². The lowest BCUT2D eigenvalue weighted by molar-refractivity contribution is 0.0733. The van der Waals surface area contributed by atoms with Crippen molar-refractivity contribution < 1.29 is 9.53 Å². The average Bonchev–Trinajstić information content (AvgIpc) is 3.07. The van der Waals surface area contributed by atoms with Crippen molar-refractivity contribution in [3.05, 3.63) is 59.2 Å². The molecular weight excluding hydrogens is 312 g/mol. The summed E-state index contributed by atoms with van der Waals surface area (Å²) in [5.74, 6) is 0.981. The van der Waals surface area contributed by atoms with Crippen LogP contribution in [0.1, 0.15) is 34.3 Å². The summed E-state index contributed by atoms with van der Waals surface area (Å²) in [6.07, 6.45) is 2.51. The maximum absolute atomic E-state index is 12.9. The summed E-state index contributed by atoms with van der Waals surface area (Å²) in [5, 5.41) is 0. The second kappa shape index (κ2) is 6.79. The predicted molar refractivity (Wildman–Crippen MR) is 99.3 cm³/mol. The summed E-state index contributed by atoms with van der Waals surface area (Å²) in [6, 6.07) is 14.2. The molecule has 2 heterocycles. The van der Waals surface area contributed by atoms with E-state index in [0.29, 0.717) is 19.7 Å². The van der Waals surface area contributed by atoms with E-state index in [-0.39, 0.29) is 5.91 Å². The lowest BCUT2D eigenvalue weighted by Crippen LogP contribution is -2.32. The molecule has 2 aliphatic rings. The Balaban J connectivity index is 1.59. The Hall–Kier alpha value is -2.49. The number of nitrogens with zero attached hydrogens (tertiary/aromatic N) is 2. The molecule has 0 radical (unpaired) electrons. The molecule has 2 aromatic carbocycles. The Labute approximate surface area is 149 Å². The molecule has 0 bridgehead atoms. The van der Waals surface area contributed by atoms with Crippen molar-refractivity contribution in [2.45, 2.75) is 26.3 Å². The number of hydrogen-bond donors (Lipinski definition) is 0. The van der Waals surface area contributed by atoms with Gasteiger partial charge in [-0.05, 0) is 50.1 Å². The van der Waals surface area contributed by atoms with Gasteiger partial charge in [0.1, 0.15) is 12.4 Å². The van der Waals surface area contributed by atoms with Crippen LogP contribution < -0.4 is 9.64 Å². The first-order chi connectivity index (χ1) is 12.2. The smallest absolute Gasteiger partial charge is 0.254 e. The number of ether oxygens (including phenoxy) is 1. The molecule has 0 atom stereocenters. The summed E-state index contributed by atoms with van der Waals surface area (Å²) in [5.41, 5.74) is 4.19. The van der Waals surface area contributed by atoms with E-state index in [4.69, 9.17) is 4.74 Å². The van der Waals surface area contributed by atoms with Crippen LogP contribution in [0.3, 0.4) is 0 Å². The molecular formula is C21H24N2O2. The Morgan fingerprint density at radius 3 is 2.68 bits per heavy atom. The van der Waals surface area contributed by atoms with Gasteiger partial charge in [0.2, 0.25) is 0 Å². The monoisotopic (exact) mass is 336 g/mol. The van der Waals surface area contributed by atoms with Gasteiger partial charge in [0.05, 0.1) is 6.54 Å². The Kier molecular flexibility index (Phi) is 4.35. The lowest BCUT2D eigenvalue weighted by atomic mass is 10.1. The van der Waals surface area contributed by atoms with Crippen LogP contribution in [-0.2, 0) is 6.54 Å². The lowest BCUT2D eigenvalue weighted by Gasteiger charge is -2.22. The third-order valence-electron chi connectivity index (χ3n) is 5.05. The van der Waals surface area contributed by atoms with Gasteiger partial charge in [-0.25, -0.2) is 0 Å². The second-order valence-corrected chi connectivity index (χ2v) is 6.93. The van der Waals surface area contributed by atoms with E-state index in [1.165, 1.54) is 18.5 Å². The molecule has 0 N–H and O–H groups in total. The standard InChI is InChI=1S/C21H24N2O2/c1-16-5-4-6-17(13-16)21(24)23-11-12-25-20-8-7-19(14-18(20)15-23)22-9-2-3-10-22/h4-8,13-14H,2-3,9-12,15H2,1H3. The highest BCUT2D eigenvalue weighted by Gasteiger charge is 2.22. The largest absolute Gasteiger partial charge is 0.491 e. The molecule has 0 aliphatic carbocycles. The van der Waals surface area contributed by atoms with E-state index in [0.717, 1.165) is 35.5 Å². The number of hydrogen-bond acceptors (Lipinski definition) is 3. The van der Waals surface area contributed by atoms with Gasteiger partial charge in [0, 0.05) is 36.4 Å². The van der Waals surface area contributed by atoms with Crippen molar-refractivity contribution in [1.82, 2.24) is 4.90 Å². The van der Waals surface area contributed by atoms with Crippen LogP contribution in [0.4, 0.5) is 5.69 Å². The van der Waals surface area contributed by atoms with Gasteiger partial charge in [-0.1, -0.05) is 17.7 Å². The third-order valence-corrected chi connectivity index (χ3v) is 5.05. The molecule has 0 saturated carbocycles. The van der Waals surface area contributed by atoms with Crippen molar-refractivity contribution >= 4 is 11.6 Å². The van der Waals surface area contributed by atoms with E-state index in [2.05, 4.69) is 23.1 Å². The number of fused-ring (bicyclic) bond motifs is 1. The van der Waals surface area contributed by atoms with Crippen molar-refractivity contribution in [1.29, 1.82) is 0 Å². The van der Waals surface area contributed by atoms with Crippen molar-refractivity contribution in [3.63, 3.8) is 0 Å². The highest BCUT2D eigenvalue weighted by Crippen LogP contribution is 2.30. The fraction of sp³-hybridized carbons (Fsp3) is 0.381. The van der Waals surface area contributed by atoms with E-state index < -0.39 is 0 Å². The number of aryl methyl sites for hydroxylation is 1. The van der Waals surface area contributed by atoms with Crippen LogP contribution in [0.15, 0.2) is 42.5 Å². The van der Waals surface area contributed by atoms with Crippen LogP contribution in [0.25, 0.3) is 0 Å². The summed E-state index contributed by atoms with van der Waals surface area (Å²) in [7, 11) is 0. The summed E-state index contributed by atoms with van der Waals surface area (Å²) in [6.45, 7) is 6.00. The average molecular weight is 336 g/mol. The van der Waals surface area contributed by atoms with Crippen LogP contribution in [0.2, 0.25) is 0 Å². The molecule has 130 valence electrons. The first-order valence-electron chi connectivity index (χ1n) is 9.07. The third kappa shape index (κ3) is 3.34. The zero-order valence-corrected chi connectivity index (χ0v) is 14.7. The fourth-order valence-electron chi connectivity index (χ4n) is 3.69. The molecule has 0 spiro atoms. The van der Waals surface area contributed by atoms with E-state index in [9.17, 15) is 4.79 Å².